The molecule has 2 amide bonds. The van der Waals surface area contributed by atoms with Crippen molar-refractivity contribution in [2.75, 3.05) is 13.1 Å². The molecule has 0 aromatic rings. The average Bonchev–Trinajstić information content (AvgIpc) is 2.72. The highest BCUT2D eigenvalue weighted by Crippen LogP contribution is 2.22. The fourth-order valence-corrected chi connectivity index (χ4v) is 2.23. The van der Waals surface area contributed by atoms with Gasteiger partial charge in [0, 0.05) is 19.0 Å². The van der Waals surface area contributed by atoms with E-state index in [2.05, 4.69) is 5.32 Å². The maximum atomic E-state index is 12.0. The van der Waals surface area contributed by atoms with E-state index < -0.39 is 23.5 Å². The molecule has 0 radical (unpaired) electrons. The molecule has 1 fully saturated rings. The van der Waals surface area contributed by atoms with Gasteiger partial charge in [0.1, 0.15) is 6.04 Å². The third-order valence-corrected chi connectivity index (χ3v) is 3.57. The Morgan fingerprint density at radius 2 is 1.95 bits per heavy atom. The summed E-state index contributed by atoms with van der Waals surface area (Å²) in [6.45, 7) is 8.05. The molecule has 0 aliphatic carbocycles. The molecule has 1 heterocycles. The molecule has 1 saturated heterocycles. The molecule has 19 heavy (non-hydrogen) atoms. The first-order valence-corrected chi connectivity index (χ1v) is 6.59. The number of nitrogens with one attached hydrogen (secondary N) is 1. The lowest BCUT2D eigenvalue weighted by molar-refractivity contribution is -0.142. The second kappa shape index (κ2) is 5.77. The van der Waals surface area contributed by atoms with Crippen LogP contribution in [0.25, 0.3) is 0 Å². The quantitative estimate of drug-likeness (QED) is 0.712. The molecule has 0 aromatic carbocycles. The largest absolute Gasteiger partial charge is 0.480 e. The third kappa shape index (κ3) is 4.09. The van der Waals surface area contributed by atoms with Crippen LogP contribution >= 0.6 is 0 Å². The molecule has 3 atom stereocenters. The lowest BCUT2D eigenvalue weighted by Crippen LogP contribution is -2.53. The molecule has 6 nitrogen and oxygen atoms in total. The molecule has 0 saturated carbocycles. The third-order valence-electron chi connectivity index (χ3n) is 3.57. The topological polar surface area (TPSA) is 89.9 Å². The van der Waals surface area contributed by atoms with Crippen LogP contribution in [0.1, 0.15) is 34.1 Å². The van der Waals surface area contributed by atoms with Crippen LogP contribution in [0.3, 0.4) is 0 Å². The van der Waals surface area contributed by atoms with E-state index in [9.17, 15) is 14.7 Å². The van der Waals surface area contributed by atoms with Gasteiger partial charge in [-0.3, -0.25) is 0 Å². The minimum Gasteiger partial charge on any atom is -0.480 e. The Balaban J connectivity index is 2.62. The molecule has 3 N–H and O–H groups in total. The molecule has 110 valence electrons. The average molecular weight is 272 g/mol. The zero-order chi connectivity index (χ0) is 14.8. The summed E-state index contributed by atoms with van der Waals surface area (Å²) in [4.78, 5) is 24.8. The van der Waals surface area contributed by atoms with Crippen LogP contribution in [-0.4, -0.2) is 52.3 Å². The molecule has 1 rings (SSSR count). The first-order chi connectivity index (χ1) is 8.62. The number of carboxylic acid groups (broad SMARTS) is 1. The Hall–Kier alpha value is -1.30. The van der Waals surface area contributed by atoms with Crippen molar-refractivity contribution in [3.8, 4) is 0 Å². The highest BCUT2D eigenvalue weighted by atomic mass is 16.4. The maximum Gasteiger partial charge on any atom is 0.326 e. The number of aliphatic hydroxyl groups excluding tert-OH is 1. The first kappa shape index (κ1) is 15.8. The van der Waals surface area contributed by atoms with E-state index in [1.54, 1.807) is 32.6 Å². The number of aliphatic carboxylic acids is 1. The molecular weight excluding hydrogens is 248 g/mol. The highest BCUT2D eigenvalue weighted by molar-refractivity contribution is 5.83. The minimum absolute atomic E-state index is 0.0728. The predicted octanol–water partition coefficient (Wildman–Crippen LogP) is 0.898. The molecule has 6 heteroatoms. The van der Waals surface area contributed by atoms with Gasteiger partial charge in [-0.05, 0) is 18.8 Å². The van der Waals surface area contributed by atoms with Crippen LogP contribution in [0.4, 0.5) is 4.79 Å². The number of rotatable bonds is 3. The van der Waals surface area contributed by atoms with Gasteiger partial charge in [-0.25, -0.2) is 9.59 Å². The summed E-state index contributed by atoms with van der Waals surface area (Å²) < 4.78 is 0. The van der Waals surface area contributed by atoms with E-state index >= 15 is 0 Å². The monoisotopic (exact) mass is 272 g/mol. The number of urea groups is 1. The summed E-state index contributed by atoms with van der Waals surface area (Å²) in [5.41, 5.74) is -0.551. The summed E-state index contributed by atoms with van der Waals surface area (Å²) in [5.74, 6) is -0.962. The second-order valence-corrected chi connectivity index (χ2v) is 6.32. The fourth-order valence-electron chi connectivity index (χ4n) is 2.23. The van der Waals surface area contributed by atoms with E-state index in [1.165, 1.54) is 0 Å². The van der Waals surface area contributed by atoms with Gasteiger partial charge in [-0.15, -0.1) is 0 Å². The van der Waals surface area contributed by atoms with Gasteiger partial charge >= 0.3 is 12.0 Å². The number of carbonyl (C=O) groups is 2. The number of nitrogens with zero attached hydrogens (tertiary/aromatic N) is 1. The van der Waals surface area contributed by atoms with E-state index in [4.69, 9.17) is 5.11 Å². The standard InChI is InChI=1S/C13H24N2O4/c1-8(16)9-5-6-15(7-9)12(19)14-10(11(17)18)13(2,3)4/h8-10,16H,5-7H2,1-4H3,(H,14,19)(H,17,18)/t8?,9?,10-/m1/s1. The summed E-state index contributed by atoms with van der Waals surface area (Å²) >= 11 is 0. The van der Waals surface area contributed by atoms with Crippen LogP contribution < -0.4 is 5.32 Å². The van der Waals surface area contributed by atoms with Gasteiger partial charge in [0.25, 0.3) is 0 Å². The second-order valence-electron chi connectivity index (χ2n) is 6.32. The Bertz CT molecular complexity index is 349. The van der Waals surface area contributed by atoms with E-state index in [0.29, 0.717) is 13.1 Å². The lowest BCUT2D eigenvalue weighted by Gasteiger charge is -2.29. The lowest BCUT2D eigenvalue weighted by atomic mass is 9.87. The smallest absolute Gasteiger partial charge is 0.326 e. The number of aliphatic hydroxyl groups is 1. The van der Waals surface area contributed by atoms with Crippen LogP contribution in [0.15, 0.2) is 0 Å². The van der Waals surface area contributed by atoms with Gasteiger partial charge in [0.2, 0.25) is 0 Å². The van der Waals surface area contributed by atoms with Crippen molar-refractivity contribution in [3.05, 3.63) is 0 Å². The SMILES string of the molecule is CC(O)C1CCN(C(=O)N[C@H](C(=O)O)C(C)(C)C)C1. The van der Waals surface area contributed by atoms with Crippen molar-refractivity contribution in [1.29, 1.82) is 0 Å². The summed E-state index contributed by atoms with van der Waals surface area (Å²) in [5, 5.41) is 21.2. The minimum atomic E-state index is -1.04. The normalized spacial score (nSPS) is 23.0. The molecule has 0 bridgehead atoms. The fraction of sp³-hybridized carbons (Fsp3) is 0.846. The molecule has 1 aliphatic rings. The molecule has 0 aromatic heterocycles. The number of hydrogen-bond donors (Lipinski definition) is 3. The number of carbonyl (C=O) groups excluding carboxylic acids is 1. The Kier molecular flexibility index (Phi) is 4.79. The Morgan fingerprint density at radius 1 is 1.37 bits per heavy atom. The van der Waals surface area contributed by atoms with E-state index in [1.807, 2.05) is 0 Å². The zero-order valence-corrected chi connectivity index (χ0v) is 12.0. The van der Waals surface area contributed by atoms with Crippen LogP contribution in [0.2, 0.25) is 0 Å². The van der Waals surface area contributed by atoms with E-state index in [0.717, 1.165) is 6.42 Å². The summed E-state index contributed by atoms with van der Waals surface area (Å²) in [6, 6.07) is -1.30. The summed E-state index contributed by atoms with van der Waals surface area (Å²) in [6.07, 6.45) is 0.300. The number of likely N-dealkylation sites (tertiary alicyclic amines) is 1. The highest BCUT2D eigenvalue weighted by Gasteiger charge is 2.36. The number of hydrogen-bond acceptors (Lipinski definition) is 3. The van der Waals surface area contributed by atoms with E-state index in [-0.39, 0.29) is 11.9 Å². The number of carboxylic acids is 1. The van der Waals surface area contributed by atoms with Crippen molar-refractivity contribution in [2.24, 2.45) is 11.3 Å². The summed E-state index contributed by atoms with van der Waals surface area (Å²) in [7, 11) is 0. The van der Waals surface area contributed by atoms with Crippen molar-refractivity contribution in [1.82, 2.24) is 10.2 Å². The van der Waals surface area contributed by atoms with Crippen molar-refractivity contribution in [2.45, 2.75) is 46.3 Å². The molecule has 0 spiro atoms. The molecule has 2 unspecified atom stereocenters. The maximum absolute atomic E-state index is 12.0. The van der Waals surface area contributed by atoms with Gasteiger partial charge in [-0.2, -0.15) is 0 Å². The first-order valence-electron chi connectivity index (χ1n) is 6.59. The molecule has 1 aliphatic heterocycles. The van der Waals surface area contributed by atoms with Gasteiger partial charge in [0.15, 0.2) is 0 Å². The van der Waals surface area contributed by atoms with Crippen molar-refractivity contribution < 1.29 is 19.8 Å². The van der Waals surface area contributed by atoms with Crippen LogP contribution in [-0.2, 0) is 4.79 Å². The van der Waals surface area contributed by atoms with Gasteiger partial charge < -0.3 is 20.4 Å². The molecular formula is C13H24N2O4. The zero-order valence-electron chi connectivity index (χ0n) is 12.0. The van der Waals surface area contributed by atoms with Gasteiger partial charge in [-0.1, -0.05) is 20.8 Å². The van der Waals surface area contributed by atoms with Crippen molar-refractivity contribution >= 4 is 12.0 Å². The van der Waals surface area contributed by atoms with Crippen molar-refractivity contribution in [3.63, 3.8) is 0 Å². The van der Waals surface area contributed by atoms with Crippen LogP contribution in [0, 0.1) is 11.3 Å². The van der Waals surface area contributed by atoms with Crippen LogP contribution in [0.5, 0.6) is 0 Å². The number of amides is 2. The Morgan fingerprint density at radius 3 is 2.32 bits per heavy atom. The predicted molar refractivity (Wildman–Crippen MR) is 70.8 cm³/mol. The Labute approximate surface area is 113 Å². The van der Waals surface area contributed by atoms with Gasteiger partial charge in [0.05, 0.1) is 6.10 Å².